The molecule has 11 heteroatoms. The summed E-state index contributed by atoms with van der Waals surface area (Å²) in [6, 6.07) is 15.9. The zero-order valence-electron chi connectivity index (χ0n) is 26.5. The summed E-state index contributed by atoms with van der Waals surface area (Å²) >= 11 is 0. The minimum absolute atomic E-state index is 0. The van der Waals surface area contributed by atoms with Crippen LogP contribution in [0.25, 0.3) is 11.3 Å². The number of aromatic nitrogens is 2. The molecule has 0 radical (unpaired) electrons. The summed E-state index contributed by atoms with van der Waals surface area (Å²) in [5.74, 6) is 0.570. The summed E-state index contributed by atoms with van der Waals surface area (Å²) in [6.07, 6.45) is 4.86. The summed E-state index contributed by atoms with van der Waals surface area (Å²) in [5.41, 5.74) is 3.16. The zero-order chi connectivity index (χ0) is 31.1. The van der Waals surface area contributed by atoms with Crippen molar-refractivity contribution in [1.29, 1.82) is 0 Å². The fourth-order valence-corrected chi connectivity index (χ4v) is 8.15. The Bertz CT molecular complexity index is 1630. The lowest BCUT2D eigenvalue weighted by Crippen LogP contribution is -2.59. The van der Waals surface area contributed by atoms with Crippen LogP contribution in [-0.2, 0) is 10.0 Å². The monoisotopic (exact) mass is 653 g/mol. The van der Waals surface area contributed by atoms with E-state index in [9.17, 15) is 13.2 Å². The van der Waals surface area contributed by atoms with Gasteiger partial charge in [-0.3, -0.25) is 4.79 Å². The molecule has 45 heavy (non-hydrogen) atoms. The molecule has 2 aromatic carbocycles. The van der Waals surface area contributed by atoms with Gasteiger partial charge in [0.2, 0.25) is 11.8 Å². The Morgan fingerprint density at radius 1 is 1.00 bits per heavy atom. The van der Waals surface area contributed by atoms with Gasteiger partial charge < -0.3 is 15.0 Å². The fourth-order valence-electron chi connectivity index (χ4n) is 7.16. The van der Waals surface area contributed by atoms with E-state index < -0.39 is 10.0 Å². The summed E-state index contributed by atoms with van der Waals surface area (Å²) in [5, 5.41) is 3.46. The maximum atomic E-state index is 14.4. The number of nitrogens with zero attached hydrogens (tertiary/aromatic N) is 3. The average Bonchev–Trinajstić information content (AvgIpc) is 2.98. The van der Waals surface area contributed by atoms with Gasteiger partial charge in [-0.25, -0.2) is 18.1 Å². The van der Waals surface area contributed by atoms with Crippen molar-refractivity contribution in [3.8, 4) is 17.1 Å². The Labute approximate surface area is 273 Å². The van der Waals surface area contributed by atoms with Crippen molar-refractivity contribution in [2.24, 2.45) is 11.3 Å². The number of rotatable bonds is 5. The molecule has 1 saturated heterocycles. The van der Waals surface area contributed by atoms with Crippen LogP contribution >= 0.6 is 12.4 Å². The lowest BCUT2D eigenvalue weighted by molar-refractivity contribution is -0.0368. The van der Waals surface area contributed by atoms with Crippen LogP contribution in [0, 0.1) is 11.3 Å². The summed E-state index contributed by atoms with van der Waals surface area (Å²) < 4.78 is 36.2. The number of piperidine rings is 1. The second-order valence-corrected chi connectivity index (χ2v) is 15.1. The third-order valence-electron chi connectivity index (χ3n) is 9.37. The lowest BCUT2D eigenvalue weighted by Gasteiger charge is -2.55. The Balaban J connectivity index is 0.00000400. The second kappa shape index (κ2) is 13.3. The Hall–Kier alpha value is -3.21. The Morgan fingerprint density at radius 3 is 2.44 bits per heavy atom. The molecular weight excluding hydrogens is 610 g/mol. The van der Waals surface area contributed by atoms with Crippen molar-refractivity contribution in [2.75, 3.05) is 24.4 Å². The molecule has 1 spiro atoms. The molecule has 6 rings (SSSR count). The van der Waals surface area contributed by atoms with Crippen LogP contribution in [-0.4, -0.2) is 61.0 Å². The molecule has 242 valence electrons. The van der Waals surface area contributed by atoms with Gasteiger partial charge in [-0.15, -0.1) is 12.4 Å². The molecule has 3 aromatic rings. The van der Waals surface area contributed by atoms with Gasteiger partial charge in [0.25, 0.3) is 15.9 Å². The summed E-state index contributed by atoms with van der Waals surface area (Å²) in [4.78, 5) is 25.5. The van der Waals surface area contributed by atoms with E-state index in [-0.39, 0.29) is 65.1 Å². The van der Waals surface area contributed by atoms with E-state index in [4.69, 9.17) is 4.74 Å². The molecule has 2 fully saturated rings. The molecule has 1 aromatic heterocycles. The number of hydrogen-bond donors (Lipinski definition) is 2. The largest absolute Gasteiger partial charge is 0.475 e. The highest BCUT2D eigenvalue weighted by Crippen LogP contribution is 2.51. The maximum absolute atomic E-state index is 14.4. The molecule has 3 heterocycles. The molecular formula is C34H44ClN5O4S. The third kappa shape index (κ3) is 6.98. The quantitative estimate of drug-likeness (QED) is 0.334. The average molecular weight is 654 g/mol. The van der Waals surface area contributed by atoms with Crippen LogP contribution in [0.5, 0.6) is 5.88 Å². The van der Waals surface area contributed by atoms with Crippen LogP contribution in [0.3, 0.4) is 0 Å². The van der Waals surface area contributed by atoms with Gasteiger partial charge in [0.15, 0.2) is 0 Å². The molecule has 0 unspecified atom stereocenters. The van der Waals surface area contributed by atoms with Crippen molar-refractivity contribution in [2.45, 2.75) is 82.7 Å². The molecule has 1 amide bonds. The minimum Gasteiger partial charge on any atom is -0.475 e. The first-order chi connectivity index (χ1) is 21.0. The second-order valence-electron chi connectivity index (χ2n) is 13.4. The first-order valence-electron chi connectivity index (χ1n) is 15.8. The molecule has 4 bridgehead atoms. The van der Waals surface area contributed by atoms with Gasteiger partial charge >= 0.3 is 0 Å². The van der Waals surface area contributed by atoms with Crippen LogP contribution in [0.1, 0.15) is 81.6 Å². The Kier molecular flexibility index (Phi) is 9.77. The van der Waals surface area contributed by atoms with E-state index in [0.717, 1.165) is 56.3 Å². The molecule has 2 aliphatic heterocycles. The number of halogens is 1. The number of amides is 1. The molecule has 1 aliphatic carbocycles. The van der Waals surface area contributed by atoms with Gasteiger partial charge in [0.05, 0.1) is 16.6 Å². The number of carbonyl (C=O) groups excluding carboxylic acids is 1. The van der Waals surface area contributed by atoms with Crippen molar-refractivity contribution >= 4 is 34.3 Å². The molecule has 3 aliphatic rings. The first-order valence-corrected chi connectivity index (χ1v) is 17.3. The highest BCUT2D eigenvalue weighted by molar-refractivity contribution is 7.92. The van der Waals surface area contributed by atoms with Gasteiger partial charge in [-0.05, 0) is 86.2 Å². The van der Waals surface area contributed by atoms with Crippen LogP contribution in [0.2, 0.25) is 0 Å². The smallest absolute Gasteiger partial charge is 0.264 e. The highest BCUT2D eigenvalue weighted by Gasteiger charge is 2.49. The van der Waals surface area contributed by atoms with Crippen LogP contribution < -0.4 is 14.8 Å². The van der Waals surface area contributed by atoms with Crippen LogP contribution in [0.4, 0.5) is 5.95 Å². The Morgan fingerprint density at radius 2 is 1.73 bits per heavy atom. The van der Waals surface area contributed by atoms with E-state index in [0.29, 0.717) is 17.2 Å². The van der Waals surface area contributed by atoms with Gasteiger partial charge in [-0.1, -0.05) is 58.0 Å². The molecule has 1 saturated carbocycles. The number of nitrogens with one attached hydrogen (secondary N) is 2. The number of benzene rings is 2. The van der Waals surface area contributed by atoms with Crippen molar-refractivity contribution < 1.29 is 17.9 Å². The van der Waals surface area contributed by atoms with Crippen molar-refractivity contribution in [3.63, 3.8) is 0 Å². The number of hydrogen-bond acceptors (Lipinski definition) is 7. The third-order valence-corrected chi connectivity index (χ3v) is 10.7. The minimum atomic E-state index is -4.10. The van der Waals surface area contributed by atoms with E-state index >= 15 is 0 Å². The van der Waals surface area contributed by atoms with Crippen molar-refractivity contribution in [1.82, 2.24) is 20.2 Å². The van der Waals surface area contributed by atoms with E-state index in [1.807, 2.05) is 23.1 Å². The fraction of sp³-hybridized carbons (Fsp3) is 0.500. The standard InChI is InChI=1S/C34H43N5O4S.ClH/c1-22(2)16-25-21-43-31-18-30(29-11-6-5-10-28(29)23(3)4)36-33(37-31)38-44(41,42)27-9-7-8-24(17-27)32(40)39(25)26-19-34(20-26)12-14-35-15-13-34;/h5-11,17-18,22-23,25-26,35H,12-16,19-21H2,1-4H3,(H,36,37,38);1H/t25-;/m1./s1. The van der Waals surface area contributed by atoms with E-state index in [2.05, 4.69) is 53.8 Å². The highest BCUT2D eigenvalue weighted by atomic mass is 35.5. The summed E-state index contributed by atoms with van der Waals surface area (Å²) in [7, 11) is -4.10. The van der Waals surface area contributed by atoms with Gasteiger partial charge in [0, 0.05) is 23.2 Å². The predicted octanol–water partition coefficient (Wildman–Crippen LogP) is 6.27. The maximum Gasteiger partial charge on any atom is 0.264 e. The predicted molar refractivity (Wildman–Crippen MR) is 179 cm³/mol. The molecule has 1 atom stereocenters. The zero-order valence-corrected chi connectivity index (χ0v) is 28.1. The number of fused-ring (bicyclic) bond motifs is 4. The lowest BCUT2D eigenvalue weighted by atomic mass is 9.60. The number of anilines is 1. The molecule has 2 N–H and O–H groups in total. The van der Waals surface area contributed by atoms with E-state index in [1.54, 1.807) is 18.2 Å². The first kappa shape index (κ1) is 33.2. The van der Waals surface area contributed by atoms with Crippen molar-refractivity contribution in [3.05, 3.63) is 65.7 Å². The summed E-state index contributed by atoms with van der Waals surface area (Å²) in [6.45, 7) is 10.8. The van der Waals surface area contributed by atoms with Gasteiger partial charge in [-0.2, -0.15) is 4.98 Å². The van der Waals surface area contributed by atoms with E-state index in [1.165, 1.54) is 12.1 Å². The van der Waals surface area contributed by atoms with Gasteiger partial charge in [0.1, 0.15) is 6.61 Å². The normalized spacial score (nSPS) is 21.1. The topological polar surface area (TPSA) is 114 Å². The number of sulfonamides is 1. The SMILES string of the molecule is CC(C)C[C@@H]1COc2cc(-c3ccccc3C(C)C)nc(n2)NS(=O)(=O)c2cccc(c2)C(=O)N1C1CC2(CCNCC2)C1.Cl. The number of ether oxygens (including phenoxy) is 1. The van der Waals surface area contributed by atoms with Crippen LogP contribution in [0.15, 0.2) is 59.5 Å². The number of carbonyl (C=O) groups is 1. The molecule has 9 nitrogen and oxygen atoms in total.